The molecule has 0 atom stereocenters. The van der Waals surface area contributed by atoms with Crippen LogP contribution >= 0.6 is 0 Å². The van der Waals surface area contributed by atoms with Crippen molar-refractivity contribution < 1.29 is 14.4 Å². The zero-order valence-corrected chi connectivity index (χ0v) is 14.9. The van der Waals surface area contributed by atoms with Gasteiger partial charge in [-0.3, -0.25) is 14.4 Å². The number of nitrogens with one attached hydrogen (secondary N) is 2. The number of para-hydroxylation sites is 1. The van der Waals surface area contributed by atoms with E-state index in [2.05, 4.69) is 10.6 Å². The van der Waals surface area contributed by atoms with E-state index in [1.165, 1.54) is 4.90 Å². The van der Waals surface area contributed by atoms with Gasteiger partial charge < -0.3 is 21.3 Å². The van der Waals surface area contributed by atoms with Gasteiger partial charge in [0.05, 0.1) is 0 Å². The van der Waals surface area contributed by atoms with Crippen LogP contribution in [0.25, 0.3) is 0 Å². The third-order valence-electron chi connectivity index (χ3n) is 4.58. The molecule has 3 rings (SSSR count). The van der Waals surface area contributed by atoms with Crippen molar-refractivity contribution in [2.45, 2.75) is 12.8 Å². The van der Waals surface area contributed by atoms with Crippen molar-refractivity contribution >= 4 is 34.8 Å². The minimum atomic E-state index is -0.684. The van der Waals surface area contributed by atoms with Gasteiger partial charge in [0.1, 0.15) is 0 Å². The van der Waals surface area contributed by atoms with Crippen LogP contribution in [0.5, 0.6) is 0 Å². The summed E-state index contributed by atoms with van der Waals surface area (Å²) in [5.41, 5.74) is 7.66. The number of nitrogens with two attached hydrogens (primary N) is 1. The minimum absolute atomic E-state index is 0.221. The maximum Gasteiger partial charge on any atom is 0.313 e. The zero-order valence-electron chi connectivity index (χ0n) is 14.9. The molecule has 1 fully saturated rings. The molecule has 0 bridgehead atoms. The lowest BCUT2D eigenvalue weighted by atomic mass is 9.96. The first-order valence-corrected chi connectivity index (χ1v) is 8.84. The van der Waals surface area contributed by atoms with Crippen molar-refractivity contribution in [3.05, 3.63) is 54.6 Å². The van der Waals surface area contributed by atoms with Gasteiger partial charge in [-0.15, -0.1) is 0 Å². The third kappa shape index (κ3) is 4.84. The molecule has 140 valence electrons. The SMILES string of the molecule is NC(=O)C1CCN(C(=O)C(=O)Nc2ccc(Nc3ccccc3)cc2)CC1. The first-order chi connectivity index (χ1) is 13.0. The molecule has 0 radical (unpaired) electrons. The number of likely N-dealkylation sites (tertiary alicyclic amines) is 1. The van der Waals surface area contributed by atoms with Crippen LogP contribution < -0.4 is 16.4 Å². The van der Waals surface area contributed by atoms with E-state index >= 15 is 0 Å². The Kier molecular flexibility index (Phi) is 5.71. The third-order valence-corrected chi connectivity index (χ3v) is 4.58. The van der Waals surface area contributed by atoms with Crippen molar-refractivity contribution in [3.63, 3.8) is 0 Å². The summed E-state index contributed by atoms with van der Waals surface area (Å²) in [5, 5.41) is 5.86. The number of amides is 3. The molecule has 7 heteroatoms. The van der Waals surface area contributed by atoms with Crippen molar-refractivity contribution in [2.75, 3.05) is 23.7 Å². The van der Waals surface area contributed by atoms with Crippen molar-refractivity contribution in [1.82, 2.24) is 4.90 Å². The highest BCUT2D eigenvalue weighted by Gasteiger charge is 2.29. The predicted molar refractivity (Wildman–Crippen MR) is 103 cm³/mol. The lowest BCUT2D eigenvalue weighted by molar-refractivity contribution is -0.144. The van der Waals surface area contributed by atoms with E-state index < -0.39 is 11.8 Å². The second-order valence-corrected chi connectivity index (χ2v) is 6.49. The average molecular weight is 366 g/mol. The highest BCUT2D eigenvalue weighted by molar-refractivity contribution is 6.39. The normalized spacial score (nSPS) is 14.4. The van der Waals surface area contributed by atoms with Crippen LogP contribution in [0.1, 0.15) is 12.8 Å². The fourth-order valence-corrected chi connectivity index (χ4v) is 3.02. The van der Waals surface area contributed by atoms with Gasteiger partial charge in [-0.05, 0) is 49.2 Å². The Morgan fingerprint density at radius 2 is 1.41 bits per heavy atom. The number of hydrogen-bond donors (Lipinski definition) is 3. The van der Waals surface area contributed by atoms with Gasteiger partial charge in [0.2, 0.25) is 5.91 Å². The molecular weight excluding hydrogens is 344 g/mol. The Labute approximate surface area is 157 Å². The van der Waals surface area contributed by atoms with Crippen molar-refractivity contribution in [3.8, 4) is 0 Å². The van der Waals surface area contributed by atoms with Gasteiger partial charge in [0.25, 0.3) is 0 Å². The quantitative estimate of drug-likeness (QED) is 0.721. The number of hydrogen-bond acceptors (Lipinski definition) is 4. The van der Waals surface area contributed by atoms with E-state index in [-0.39, 0.29) is 11.8 Å². The Morgan fingerprint density at radius 1 is 0.852 bits per heavy atom. The smallest absolute Gasteiger partial charge is 0.313 e. The number of rotatable bonds is 4. The number of anilines is 3. The van der Waals surface area contributed by atoms with Gasteiger partial charge in [-0.1, -0.05) is 18.2 Å². The van der Waals surface area contributed by atoms with Crippen LogP contribution in [0.15, 0.2) is 54.6 Å². The minimum Gasteiger partial charge on any atom is -0.369 e. The summed E-state index contributed by atoms with van der Waals surface area (Å²) in [5.74, 6) is -1.85. The number of piperidine rings is 1. The second kappa shape index (κ2) is 8.35. The average Bonchev–Trinajstić information content (AvgIpc) is 2.69. The summed E-state index contributed by atoms with van der Waals surface area (Å²) in [6.07, 6.45) is 0.989. The Balaban J connectivity index is 1.53. The van der Waals surface area contributed by atoms with Gasteiger partial charge in [0.15, 0.2) is 0 Å². The van der Waals surface area contributed by atoms with Crippen LogP contribution in [-0.2, 0) is 14.4 Å². The molecule has 2 aromatic rings. The molecule has 0 unspecified atom stereocenters. The molecule has 4 N–H and O–H groups in total. The highest BCUT2D eigenvalue weighted by atomic mass is 16.2. The van der Waals surface area contributed by atoms with Crippen molar-refractivity contribution in [2.24, 2.45) is 11.7 Å². The fourth-order valence-electron chi connectivity index (χ4n) is 3.02. The van der Waals surface area contributed by atoms with Crippen LogP contribution in [0.2, 0.25) is 0 Å². The van der Waals surface area contributed by atoms with E-state index in [0.29, 0.717) is 31.6 Å². The van der Waals surface area contributed by atoms with Crippen LogP contribution in [0, 0.1) is 5.92 Å². The van der Waals surface area contributed by atoms with E-state index in [0.717, 1.165) is 11.4 Å². The molecule has 2 aromatic carbocycles. The van der Waals surface area contributed by atoms with Gasteiger partial charge in [0, 0.05) is 36.1 Å². The van der Waals surface area contributed by atoms with E-state index in [9.17, 15) is 14.4 Å². The highest BCUT2D eigenvalue weighted by Crippen LogP contribution is 2.20. The Morgan fingerprint density at radius 3 is 2.00 bits per heavy atom. The molecule has 27 heavy (non-hydrogen) atoms. The molecule has 1 heterocycles. The Hall–Kier alpha value is -3.35. The molecule has 7 nitrogen and oxygen atoms in total. The van der Waals surface area contributed by atoms with E-state index in [1.807, 2.05) is 42.5 Å². The maximum absolute atomic E-state index is 12.3. The first-order valence-electron chi connectivity index (χ1n) is 8.84. The zero-order chi connectivity index (χ0) is 19.2. The number of benzene rings is 2. The summed E-state index contributed by atoms with van der Waals surface area (Å²) < 4.78 is 0. The lowest BCUT2D eigenvalue weighted by Crippen LogP contribution is -2.46. The predicted octanol–water partition coefficient (Wildman–Crippen LogP) is 2.09. The molecule has 0 aromatic heterocycles. The number of carbonyl (C=O) groups is 3. The molecule has 1 saturated heterocycles. The molecule has 1 aliphatic heterocycles. The molecule has 0 saturated carbocycles. The lowest BCUT2D eigenvalue weighted by Gasteiger charge is -2.29. The van der Waals surface area contributed by atoms with Crippen LogP contribution in [0.4, 0.5) is 17.1 Å². The van der Waals surface area contributed by atoms with Crippen LogP contribution in [0.3, 0.4) is 0 Å². The fraction of sp³-hybridized carbons (Fsp3) is 0.250. The van der Waals surface area contributed by atoms with Gasteiger partial charge in [-0.2, -0.15) is 0 Å². The van der Waals surface area contributed by atoms with Gasteiger partial charge >= 0.3 is 11.8 Å². The Bertz CT molecular complexity index is 813. The summed E-state index contributed by atoms with van der Waals surface area (Å²) in [6.45, 7) is 0.722. The van der Waals surface area contributed by atoms with Crippen molar-refractivity contribution in [1.29, 1.82) is 0 Å². The summed E-state index contributed by atoms with van der Waals surface area (Å²) in [6, 6.07) is 16.8. The largest absolute Gasteiger partial charge is 0.369 e. The monoisotopic (exact) mass is 366 g/mol. The summed E-state index contributed by atoms with van der Waals surface area (Å²) >= 11 is 0. The topological polar surface area (TPSA) is 105 Å². The summed E-state index contributed by atoms with van der Waals surface area (Å²) in [4.78, 5) is 37.1. The number of primary amides is 1. The molecule has 3 amide bonds. The molecule has 0 aliphatic carbocycles. The standard InChI is InChI=1S/C20H22N4O3/c21-18(25)14-10-12-24(13-11-14)20(27)19(26)23-17-8-6-16(7-9-17)22-15-4-2-1-3-5-15/h1-9,14,22H,10-13H2,(H2,21,25)(H,23,26). The van der Waals surface area contributed by atoms with Crippen LogP contribution in [-0.4, -0.2) is 35.7 Å². The number of nitrogens with zero attached hydrogens (tertiary/aromatic N) is 1. The first kappa shape index (κ1) is 18.4. The molecular formula is C20H22N4O3. The second-order valence-electron chi connectivity index (χ2n) is 6.49. The van der Waals surface area contributed by atoms with E-state index in [1.54, 1.807) is 12.1 Å². The van der Waals surface area contributed by atoms with E-state index in [4.69, 9.17) is 5.73 Å². The maximum atomic E-state index is 12.3. The number of carbonyl (C=O) groups excluding carboxylic acids is 3. The van der Waals surface area contributed by atoms with Gasteiger partial charge in [-0.25, -0.2) is 0 Å². The molecule has 1 aliphatic rings. The summed E-state index contributed by atoms with van der Waals surface area (Å²) in [7, 11) is 0. The molecule has 0 spiro atoms.